The zero-order valence-corrected chi connectivity index (χ0v) is 20.6. The fourth-order valence-electron chi connectivity index (χ4n) is 7.16. The largest absolute Gasteiger partial charge is 0.446 e. The molecule has 9 heteroatoms. The Hall–Kier alpha value is -2.39. The molecule has 0 radical (unpaired) electrons. The molecule has 35 heavy (non-hydrogen) atoms. The number of thiazole rings is 1. The zero-order valence-electron chi connectivity index (χ0n) is 19.7. The van der Waals surface area contributed by atoms with Crippen molar-refractivity contribution >= 4 is 38.7 Å². The van der Waals surface area contributed by atoms with Crippen LogP contribution in [0.2, 0.25) is 0 Å². The van der Waals surface area contributed by atoms with Crippen LogP contribution >= 0.6 is 11.3 Å². The number of rotatable bonds is 5. The smallest absolute Gasteiger partial charge is 0.410 e. The lowest BCUT2D eigenvalue weighted by Crippen LogP contribution is -2.58. The number of benzene rings is 1. The summed E-state index contributed by atoms with van der Waals surface area (Å²) in [6, 6.07) is 6.11. The summed E-state index contributed by atoms with van der Waals surface area (Å²) in [6.45, 7) is 1.26. The Bertz CT molecular complexity index is 1160. The lowest BCUT2D eigenvalue weighted by atomic mass is 9.53. The van der Waals surface area contributed by atoms with Crippen LogP contribution in [0.5, 0.6) is 0 Å². The molecule has 3 unspecified atom stereocenters. The molecule has 8 nitrogen and oxygen atoms in total. The molecule has 2 heterocycles. The molecule has 1 aromatic carbocycles. The van der Waals surface area contributed by atoms with Gasteiger partial charge in [-0.15, -0.1) is 0 Å². The van der Waals surface area contributed by atoms with Crippen molar-refractivity contribution in [2.75, 3.05) is 18.4 Å². The van der Waals surface area contributed by atoms with Crippen LogP contribution in [-0.2, 0) is 4.74 Å². The van der Waals surface area contributed by atoms with Gasteiger partial charge in [-0.3, -0.25) is 4.79 Å². The maximum Gasteiger partial charge on any atom is 0.410 e. The number of amides is 2. The molecule has 1 aromatic heterocycles. The number of carbonyl (C=O) groups excluding carboxylic acids is 2. The summed E-state index contributed by atoms with van der Waals surface area (Å²) in [6.07, 6.45) is 7.40. The molecular formula is C26H32N4O4S. The fourth-order valence-corrected chi connectivity index (χ4v) is 8.14. The van der Waals surface area contributed by atoms with Crippen LogP contribution in [0.1, 0.15) is 61.7 Å². The van der Waals surface area contributed by atoms with Crippen molar-refractivity contribution in [1.82, 2.24) is 15.2 Å². The van der Waals surface area contributed by atoms with Gasteiger partial charge in [0.05, 0.1) is 15.8 Å². The number of aliphatic hydroxyl groups is 1. The molecule has 1 aliphatic heterocycles. The molecule has 3 N–H and O–H groups in total. The summed E-state index contributed by atoms with van der Waals surface area (Å²) in [5.41, 5.74) is 1.03. The number of nitrogens with zero attached hydrogens (tertiary/aromatic N) is 2. The minimum absolute atomic E-state index is 0.0180. The molecule has 5 saturated carbocycles. The van der Waals surface area contributed by atoms with Crippen LogP contribution < -0.4 is 10.6 Å². The molecule has 5 aliphatic carbocycles. The Morgan fingerprint density at radius 1 is 1.11 bits per heavy atom. The Morgan fingerprint density at radius 2 is 1.91 bits per heavy atom. The highest BCUT2D eigenvalue weighted by molar-refractivity contribution is 7.22. The van der Waals surface area contributed by atoms with Crippen LogP contribution in [0.4, 0.5) is 9.93 Å². The van der Waals surface area contributed by atoms with E-state index in [4.69, 9.17) is 4.74 Å². The third-order valence-corrected chi connectivity index (χ3v) is 9.68. The van der Waals surface area contributed by atoms with E-state index in [9.17, 15) is 14.7 Å². The van der Waals surface area contributed by atoms with Crippen molar-refractivity contribution in [3.05, 3.63) is 23.8 Å². The van der Waals surface area contributed by atoms with E-state index in [1.54, 1.807) is 11.3 Å². The number of hydrogen-bond donors (Lipinski definition) is 3. The standard InChI is InChI=1S/C26H32N4O4S/c31-23(27-18-2-3-18)15-1-4-20-21(9-15)35-24(29-20)28-19-5-6-30(13-19)25(32)34-22-16-7-14-8-17(22)12-26(33,10-14)11-16/h1,4,9,14,16-19,22,33H,2-3,5-8,10-13H2,(H,27,31)(H,28,29). The van der Waals surface area contributed by atoms with Gasteiger partial charge in [0.2, 0.25) is 0 Å². The number of nitrogens with one attached hydrogen (secondary N) is 2. The van der Waals surface area contributed by atoms with Crippen molar-refractivity contribution < 1.29 is 19.4 Å². The van der Waals surface area contributed by atoms with E-state index >= 15 is 0 Å². The van der Waals surface area contributed by atoms with Gasteiger partial charge in [-0.1, -0.05) is 11.3 Å². The van der Waals surface area contributed by atoms with Crippen LogP contribution in [0, 0.1) is 17.8 Å². The van der Waals surface area contributed by atoms with Crippen LogP contribution in [0.25, 0.3) is 10.2 Å². The molecule has 1 saturated heterocycles. The molecule has 6 fully saturated rings. The van der Waals surface area contributed by atoms with Crippen molar-refractivity contribution in [1.29, 1.82) is 0 Å². The van der Waals surface area contributed by atoms with E-state index in [0.29, 0.717) is 42.4 Å². The fraction of sp³-hybridized carbons (Fsp3) is 0.654. The molecule has 2 aromatic rings. The molecule has 4 bridgehead atoms. The summed E-state index contributed by atoms with van der Waals surface area (Å²) in [7, 11) is 0. The quantitative estimate of drug-likeness (QED) is 0.583. The van der Waals surface area contributed by atoms with E-state index in [1.165, 1.54) is 0 Å². The van der Waals surface area contributed by atoms with Gasteiger partial charge in [0.25, 0.3) is 5.91 Å². The summed E-state index contributed by atoms with van der Waals surface area (Å²) >= 11 is 1.54. The second kappa shape index (κ2) is 8.06. The van der Waals surface area contributed by atoms with Gasteiger partial charge in [-0.05, 0) is 87.3 Å². The third-order valence-electron chi connectivity index (χ3n) is 8.73. The van der Waals surface area contributed by atoms with Crippen molar-refractivity contribution in [3.63, 3.8) is 0 Å². The zero-order chi connectivity index (χ0) is 23.7. The molecule has 8 rings (SSSR count). The van der Waals surface area contributed by atoms with Gasteiger partial charge >= 0.3 is 6.09 Å². The van der Waals surface area contributed by atoms with Gasteiger partial charge in [-0.2, -0.15) is 0 Å². The van der Waals surface area contributed by atoms with Gasteiger partial charge in [0.15, 0.2) is 5.13 Å². The number of likely N-dealkylation sites (tertiary alicyclic amines) is 1. The van der Waals surface area contributed by atoms with Crippen molar-refractivity contribution in [2.24, 2.45) is 17.8 Å². The van der Waals surface area contributed by atoms with Gasteiger partial charge < -0.3 is 25.4 Å². The van der Waals surface area contributed by atoms with Crippen molar-refractivity contribution in [3.8, 4) is 0 Å². The molecule has 2 amide bonds. The summed E-state index contributed by atoms with van der Waals surface area (Å²) in [5.74, 6) is 1.21. The van der Waals surface area contributed by atoms with E-state index in [1.807, 2.05) is 23.1 Å². The summed E-state index contributed by atoms with van der Waals surface area (Å²) < 4.78 is 7.05. The minimum Gasteiger partial charge on any atom is -0.446 e. The molecule has 3 atom stereocenters. The normalized spacial score (nSPS) is 35.5. The Morgan fingerprint density at radius 3 is 2.66 bits per heavy atom. The highest BCUT2D eigenvalue weighted by Gasteiger charge is 2.56. The second-order valence-electron chi connectivity index (χ2n) is 11.6. The predicted molar refractivity (Wildman–Crippen MR) is 132 cm³/mol. The monoisotopic (exact) mass is 496 g/mol. The molecule has 186 valence electrons. The average molecular weight is 497 g/mol. The predicted octanol–water partition coefficient (Wildman–Crippen LogP) is 3.75. The lowest BCUT2D eigenvalue weighted by molar-refractivity contribution is -0.177. The van der Waals surface area contributed by atoms with E-state index in [-0.39, 0.29) is 24.1 Å². The number of fused-ring (bicyclic) bond motifs is 1. The van der Waals surface area contributed by atoms with E-state index in [2.05, 4.69) is 15.6 Å². The summed E-state index contributed by atoms with van der Waals surface area (Å²) in [4.78, 5) is 31.9. The number of anilines is 1. The Kier molecular flexibility index (Phi) is 5.03. The highest BCUT2D eigenvalue weighted by atomic mass is 32.1. The number of aromatic nitrogens is 1. The number of hydrogen-bond acceptors (Lipinski definition) is 7. The Balaban J connectivity index is 0.962. The third kappa shape index (κ3) is 4.16. The van der Waals surface area contributed by atoms with E-state index in [0.717, 1.165) is 66.7 Å². The maximum absolute atomic E-state index is 13.0. The van der Waals surface area contributed by atoms with Crippen LogP contribution in [0.15, 0.2) is 18.2 Å². The van der Waals surface area contributed by atoms with Crippen molar-refractivity contribution in [2.45, 2.75) is 75.2 Å². The van der Waals surface area contributed by atoms with Gasteiger partial charge in [0.1, 0.15) is 6.10 Å². The maximum atomic E-state index is 13.0. The lowest BCUT2D eigenvalue weighted by Gasteiger charge is -2.57. The average Bonchev–Trinajstić information content (AvgIpc) is 3.34. The van der Waals surface area contributed by atoms with E-state index < -0.39 is 5.60 Å². The first kappa shape index (κ1) is 21.9. The second-order valence-corrected chi connectivity index (χ2v) is 12.6. The SMILES string of the molecule is O=C(NC1CC1)c1ccc2nc(NC3CCN(C(=O)OC4C5CC6CC4CC(O)(C6)C5)C3)sc2c1. The van der Waals surface area contributed by atoms with Gasteiger partial charge in [-0.25, -0.2) is 9.78 Å². The topological polar surface area (TPSA) is 104 Å². The first-order valence-electron chi connectivity index (χ1n) is 13.1. The number of carbonyl (C=O) groups is 2. The minimum atomic E-state index is -0.513. The molecule has 6 aliphatic rings. The van der Waals surface area contributed by atoms with Crippen LogP contribution in [0.3, 0.4) is 0 Å². The highest BCUT2D eigenvalue weighted by Crippen LogP contribution is 2.56. The van der Waals surface area contributed by atoms with Gasteiger partial charge in [0, 0.05) is 30.7 Å². The Labute approximate surface area is 208 Å². The number of ether oxygens (including phenoxy) is 1. The van der Waals surface area contributed by atoms with Crippen LogP contribution in [-0.4, -0.2) is 63.9 Å². The molecule has 0 spiro atoms. The molecular weight excluding hydrogens is 464 g/mol. The first-order chi connectivity index (χ1) is 16.9. The summed E-state index contributed by atoms with van der Waals surface area (Å²) in [5, 5.41) is 18.1. The first-order valence-corrected chi connectivity index (χ1v) is 13.9.